The molecule has 4 rings (SSSR count). The van der Waals surface area contributed by atoms with Crippen LogP contribution in [0.5, 0.6) is 5.75 Å². The van der Waals surface area contributed by atoms with Gasteiger partial charge in [-0.25, -0.2) is 0 Å². The van der Waals surface area contributed by atoms with Gasteiger partial charge in [0.15, 0.2) is 5.76 Å². The van der Waals surface area contributed by atoms with Crippen molar-refractivity contribution in [3.8, 4) is 5.75 Å². The van der Waals surface area contributed by atoms with Crippen molar-refractivity contribution in [1.29, 1.82) is 0 Å². The number of carbonyl (C=O) groups excluding carboxylic acids is 1. The van der Waals surface area contributed by atoms with E-state index in [9.17, 15) is 4.79 Å². The third-order valence-corrected chi connectivity index (χ3v) is 5.04. The predicted octanol–water partition coefficient (Wildman–Crippen LogP) is 6.09. The molecule has 0 saturated carbocycles. The summed E-state index contributed by atoms with van der Waals surface area (Å²) in [6.45, 7) is 4.55. The number of amides is 1. The van der Waals surface area contributed by atoms with E-state index < -0.39 is 0 Å². The number of ether oxygens (including phenoxy) is 1. The topological polar surface area (TPSA) is 64.4 Å². The SMILES string of the molecule is CCCOc1ccc(NC(=O)c2oc3ccc(Br)cc3c2C)c2cccnc12. The molecule has 0 saturated heterocycles. The minimum atomic E-state index is -0.294. The number of carbonyl (C=O) groups is 1. The number of halogens is 1. The summed E-state index contributed by atoms with van der Waals surface area (Å²) in [5, 5.41) is 4.69. The monoisotopic (exact) mass is 438 g/mol. The maximum atomic E-state index is 12.9. The van der Waals surface area contributed by atoms with Crippen LogP contribution >= 0.6 is 15.9 Å². The van der Waals surface area contributed by atoms with E-state index in [1.165, 1.54) is 0 Å². The number of fused-ring (bicyclic) bond motifs is 2. The molecule has 0 radical (unpaired) electrons. The van der Waals surface area contributed by atoms with Crippen LogP contribution in [-0.2, 0) is 0 Å². The first-order valence-electron chi connectivity index (χ1n) is 9.09. The highest BCUT2D eigenvalue weighted by Gasteiger charge is 2.19. The number of pyridine rings is 1. The Hall–Kier alpha value is -2.86. The van der Waals surface area contributed by atoms with Crippen LogP contribution in [0.25, 0.3) is 21.9 Å². The first-order valence-corrected chi connectivity index (χ1v) is 9.88. The Morgan fingerprint density at radius 2 is 2.07 bits per heavy atom. The van der Waals surface area contributed by atoms with Crippen LogP contribution in [0.1, 0.15) is 29.5 Å². The quantitative estimate of drug-likeness (QED) is 0.409. The lowest BCUT2D eigenvalue weighted by Gasteiger charge is -2.12. The van der Waals surface area contributed by atoms with Gasteiger partial charge in [0, 0.05) is 27.0 Å². The van der Waals surface area contributed by atoms with E-state index in [2.05, 4.69) is 33.2 Å². The average molecular weight is 439 g/mol. The summed E-state index contributed by atoms with van der Waals surface area (Å²) in [6, 6.07) is 13.1. The maximum Gasteiger partial charge on any atom is 0.291 e. The second kappa shape index (κ2) is 7.64. The number of furan rings is 1. The molecule has 0 aliphatic rings. The molecule has 6 heteroatoms. The summed E-state index contributed by atoms with van der Waals surface area (Å²) in [6.07, 6.45) is 2.63. The van der Waals surface area contributed by atoms with E-state index in [0.29, 0.717) is 29.4 Å². The number of nitrogens with one attached hydrogen (secondary N) is 1. The van der Waals surface area contributed by atoms with Crippen molar-refractivity contribution in [1.82, 2.24) is 4.98 Å². The fraction of sp³-hybridized carbons (Fsp3) is 0.182. The van der Waals surface area contributed by atoms with Gasteiger partial charge in [-0.05, 0) is 55.8 Å². The summed E-state index contributed by atoms with van der Waals surface area (Å²) in [5.74, 6) is 0.717. The minimum absolute atomic E-state index is 0.294. The Bertz CT molecular complexity index is 1180. The van der Waals surface area contributed by atoms with Gasteiger partial charge in [-0.2, -0.15) is 0 Å². The summed E-state index contributed by atoms with van der Waals surface area (Å²) in [4.78, 5) is 17.4. The summed E-state index contributed by atoms with van der Waals surface area (Å²) in [5.41, 5.74) is 2.87. The number of nitrogens with zero attached hydrogens (tertiary/aromatic N) is 1. The zero-order chi connectivity index (χ0) is 19.7. The van der Waals surface area contributed by atoms with Crippen molar-refractivity contribution in [2.45, 2.75) is 20.3 Å². The van der Waals surface area contributed by atoms with Crippen molar-refractivity contribution >= 4 is 49.4 Å². The van der Waals surface area contributed by atoms with E-state index in [1.54, 1.807) is 6.20 Å². The molecule has 5 nitrogen and oxygen atoms in total. The third-order valence-electron chi connectivity index (χ3n) is 4.55. The highest BCUT2D eigenvalue weighted by Crippen LogP contribution is 2.32. The molecule has 142 valence electrons. The van der Waals surface area contributed by atoms with E-state index >= 15 is 0 Å². The van der Waals surface area contributed by atoms with Gasteiger partial charge in [-0.15, -0.1) is 0 Å². The van der Waals surface area contributed by atoms with Crippen molar-refractivity contribution < 1.29 is 13.9 Å². The van der Waals surface area contributed by atoms with Crippen molar-refractivity contribution in [2.24, 2.45) is 0 Å². The van der Waals surface area contributed by atoms with Crippen molar-refractivity contribution in [2.75, 3.05) is 11.9 Å². The molecule has 1 N–H and O–H groups in total. The Morgan fingerprint density at radius 3 is 2.89 bits per heavy atom. The molecule has 2 aromatic carbocycles. The van der Waals surface area contributed by atoms with Crippen LogP contribution in [0.3, 0.4) is 0 Å². The Kier molecular flexibility index (Phi) is 5.05. The van der Waals surface area contributed by atoms with Crippen LogP contribution in [0.4, 0.5) is 5.69 Å². The molecule has 1 amide bonds. The maximum absolute atomic E-state index is 12.9. The zero-order valence-corrected chi connectivity index (χ0v) is 17.2. The van der Waals surface area contributed by atoms with Gasteiger partial charge in [0.25, 0.3) is 5.91 Å². The minimum Gasteiger partial charge on any atom is -0.491 e. The van der Waals surface area contributed by atoms with Crippen LogP contribution in [0.2, 0.25) is 0 Å². The van der Waals surface area contributed by atoms with Crippen LogP contribution < -0.4 is 10.1 Å². The lowest BCUT2D eigenvalue weighted by atomic mass is 10.1. The van der Waals surface area contributed by atoms with Gasteiger partial charge in [0.2, 0.25) is 0 Å². The van der Waals surface area contributed by atoms with Gasteiger partial charge in [0.1, 0.15) is 16.8 Å². The lowest BCUT2D eigenvalue weighted by Crippen LogP contribution is -2.12. The number of benzene rings is 2. The van der Waals surface area contributed by atoms with Gasteiger partial charge < -0.3 is 14.5 Å². The van der Waals surface area contributed by atoms with E-state index in [-0.39, 0.29) is 5.91 Å². The molecule has 4 aromatic rings. The molecule has 0 aliphatic heterocycles. The van der Waals surface area contributed by atoms with Crippen molar-refractivity contribution in [3.05, 3.63) is 64.5 Å². The molecule has 0 bridgehead atoms. The van der Waals surface area contributed by atoms with Crippen molar-refractivity contribution in [3.63, 3.8) is 0 Å². The molecular formula is C22H19BrN2O3. The second-order valence-corrected chi connectivity index (χ2v) is 7.43. The summed E-state index contributed by atoms with van der Waals surface area (Å²) < 4.78 is 12.5. The number of rotatable bonds is 5. The predicted molar refractivity (Wildman–Crippen MR) is 114 cm³/mol. The Labute approximate surface area is 170 Å². The molecule has 2 aromatic heterocycles. The summed E-state index contributed by atoms with van der Waals surface area (Å²) >= 11 is 3.46. The first-order chi connectivity index (χ1) is 13.6. The number of hydrogen-bond donors (Lipinski definition) is 1. The first kappa shape index (κ1) is 18.5. The standard InChI is InChI=1S/C22H19BrN2O3/c1-3-11-27-19-9-7-17(15-5-4-10-24-20(15)19)25-22(26)21-13(2)16-12-14(23)6-8-18(16)28-21/h4-10,12H,3,11H2,1-2H3,(H,25,26). The molecule has 0 spiro atoms. The molecule has 0 aliphatic carbocycles. The van der Waals surface area contributed by atoms with E-state index in [1.807, 2.05) is 49.4 Å². The van der Waals surface area contributed by atoms with Gasteiger partial charge in [-0.3, -0.25) is 9.78 Å². The Balaban J connectivity index is 1.70. The van der Waals surface area contributed by atoms with E-state index in [0.717, 1.165) is 32.7 Å². The van der Waals surface area contributed by atoms with E-state index in [4.69, 9.17) is 9.15 Å². The molecule has 0 atom stereocenters. The largest absolute Gasteiger partial charge is 0.491 e. The van der Waals surface area contributed by atoms with Crippen LogP contribution in [0, 0.1) is 6.92 Å². The molecule has 0 fully saturated rings. The number of anilines is 1. The highest BCUT2D eigenvalue weighted by molar-refractivity contribution is 9.10. The molecule has 0 unspecified atom stereocenters. The zero-order valence-electron chi connectivity index (χ0n) is 15.6. The van der Waals surface area contributed by atoms with Gasteiger partial charge >= 0.3 is 0 Å². The number of hydrogen-bond acceptors (Lipinski definition) is 4. The number of aryl methyl sites for hydroxylation is 1. The lowest BCUT2D eigenvalue weighted by molar-refractivity contribution is 0.0998. The van der Waals surface area contributed by atoms with Gasteiger partial charge in [-0.1, -0.05) is 22.9 Å². The normalized spacial score (nSPS) is 11.1. The summed E-state index contributed by atoms with van der Waals surface area (Å²) in [7, 11) is 0. The fourth-order valence-electron chi connectivity index (χ4n) is 3.17. The fourth-order valence-corrected chi connectivity index (χ4v) is 3.53. The van der Waals surface area contributed by atoms with Gasteiger partial charge in [0.05, 0.1) is 12.3 Å². The average Bonchev–Trinajstić information content (AvgIpc) is 3.03. The molecular weight excluding hydrogens is 420 g/mol. The number of aromatic nitrogens is 1. The molecule has 2 heterocycles. The highest BCUT2D eigenvalue weighted by atomic mass is 79.9. The third kappa shape index (κ3) is 3.36. The second-order valence-electron chi connectivity index (χ2n) is 6.51. The smallest absolute Gasteiger partial charge is 0.291 e. The van der Waals surface area contributed by atoms with Crippen LogP contribution in [-0.4, -0.2) is 17.5 Å². The van der Waals surface area contributed by atoms with Crippen LogP contribution in [0.15, 0.2) is 57.6 Å². The molecule has 28 heavy (non-hydrogen) atoms. The Morgan fingerprint density at radius 1 is 1.21 bits per heavy atom.